The van der Waals surface area contributed by atoms with Crippen LogP contribution in [-0.2, 0) is 9.53 Å². The first-order valence-electron chi connectivity index (χ1n) is 5.00. The average Bonchev–Trinajstić information content (AvgIpc) is 2.30. The smallest absolute Gasteiger partial charge is 0.334 e. The number of halogens is 1. The number of carboxylic acid groups (broad SMARTS) is 1. The number of morpholine rings is 1. The lowest BCUT2D eigenvalue weighted by Gasteiger charge is -2.28. The molecule has 1 heterocycles. The third-order valence-electron chi connectivity index (χ3n) is 2.57. The largest absolute Gasteiger partial charge is 0.479 e. The summed E-state index contributed by atoms with van der Waals surface area (Å²) in [6.07, 6.45) is -0.844. The minimum atomic E-state index is -1.00. The van der Waals surface area contributed by atoms with Gasteiger partial charge in [0.1, 0.15) is 5.82 Å². The van der Waals surface area contributed by atoms with E-state index < -0.39 is 12.1 Å². The van der Waals surface area contributed by atoms with Gasteiger partial charge < -0.3 is 15.2 Å². The summed E-state index contributed by atoms with van der Waals surface area (Å²) in [6, 6.07) is 6.11. The van der Waals surface area contributed by atoms with Gasteiger partial charge in [0, 0.05) is 12.1 Å². The van der Waals surface area contributed by atoms with Crippen LogP contribution in [0.4, 0.5) is 4.39 Å². The number of rotatable bonds is 2. The van der Waals surface area contributed by atoms with E-state index in [1.807, 2.05) is 0 Å². The fourth-order valence-corrected chi connectivity index (χ4v) is 1.70. The molecule has 5 heteroatoms. The van der Waals surface area contributed by atoms with E-state index >= 15 is 0 Å². The highest BCUT2D eigenvalue weighted by molar-refractivity contribution is 5.72. The van der Waals surface area contributed by atoms with E-state index in [1.165, 1.54) is 6.07 Å². The Kier molecular flexibility index (Phi) is 3.17. The van der Waals surface area contributed by atoms with Crippen molar-refractivity contribution in [2.24, 2.45) is 0 Å². The van der Waals surface area contributed by atoms with Crippen LogP contribution in [0, 0.1) is 5.82 Å². The Morgan fingerprint density at radius 2 is 2.25 bits per heavy atom. The van der Waals surface area contributed by atoms with Crippen molar-refractivity contribution < 1.29 is 19.0 Å². The van der Waals surface area contributed by atoms with E-state index in [2.05, 4.69) is 5.32 Å². The second kappa shape index (κ2) is 4.59. The third-order valence-corrected chi connectivity index (χ3v) is 2.57. The molecule has 2 rings (SSSR count). The van der Waals surface area contributed by atoms with Crippen LogP contribution in [0.1, 0.15) is 11.6 Å². The van der Waals surface area contributed by atoms with E-state index in [1.54, 1.807) is 18.2 Å². The normalized spacial score (nSPS) is 25.3. The number of nitrogens with one attached hydrogen (secondary N) is 1. The molecule has 1 aromatic rings. The molecule has 16 heavy (non-hydrogen) atoms. The van der Waals surface area contributed by atoms with Gasteiger partial charge in [-0.2, -0.15) is 0 Å². The Bertz CT molecular complexity index is 389. The van der Waals surface area contributed by atoms with Crippen molar-refractivity contribution in [2.75, 3.05) is 13.2 Å². The van der Waals surface area contributed by atoms with Crippen molar-refractivity contribution in [3.63, 3.8) is 0 Å². The Labute approximate surface area is 92.0 Å². The Hall–Kier alpha value is -1.46. The van der Waals surface area contributed by atoms with Crippen molar-refractivity contribution in [3.8, 4) is 0 Å². The van der Waals surface area contributed by atoms with Gasteiger partial charge in [-0.05, 0) is 6.07 Å². The Balaban J connectivity index is 2.05. The summed E-state index contributed by atoms with van der Waals surface area (Å²) in [5.74, 6) is -1.31. The summed E-state index contributed by atoms with van der Waals surface area (Å²) in [5.41, 5.74) is 0.506. The maximum Gasteiger partial charge on any atom is 0.334 e. The monoisotopic (exact) mass is 225 g/mol. The van der Waals surface area contributed by atoms with Crippen LogP contribution in [0.2, 0.25) is 0 Å². The molecule has 0 amide bonds. The molecule has 0 spiro atoms. The second-order valence-electron chi connectivity index (χ2n) is 3.64. The Morgan fingerprint density at radius 3 is 2.81 bits per heavy atom. The van der Waals surface area contributed by atoms with Crippen molar-refractivity contribution in [2.45, 2.75) is 12.1 Å². The van der Waals surface area contributed by atoms with Crippen molar-refractivity contribution >= 4 is 5.97 Å². The highest BCUT2D eigenvalue weighted by atomic mass is 19.1. The molecule has 1 aromatic carbocycles. The maximum absolute atomic E-state index is 13.4. The third kappa shape index (κ3) is 2.20. The first-order chi connectivity index (χ1) is 7.68. The van der Waals surface area contributed by atoms with Crippen molar-refractivity contribution in [3.05, 3.63) is 35.6 Å². The quantitative estimate of drug-likeness (QED) is 0.786. The number of ether oxygens (including phenoxy) is 1. The van der Waals surface area contributed by atoms with Crippen LogP contribution in [0.3, 0.4) is 0 Å². The van der Waals surface area contributed by atoms with Crippen LogP contribution < -0.4 is 5.32 Å². The van der Waals surface area contributed by atoms with E-state index in [0.717, 1.165) is 0 Å². The first-order valence-corrected chi connectivity index (χ1v) is 5.00. The molecular weight excluding hydrogens is 213 g/mol. The van der Waals surface area contributed by atoms with Gasteiger partial charge in [-0.3, -0.25) is 0 Å². The van der Waals surface area contributed by atoms with Crippen molar-refractivity contribution in [1.82, 2.24) is 5.32 Å². The number of carboxylic acids is 1. The predicted octanol–water partition coefficient (Wildman–Crippen LogP) is 0.940. The minimum Gasteiger partial charge on any atom is -0.479 e. The van der Waals surface area contributed by atoms with Crippen LogP contribution >= 0.6 is 0 Å². The molecule has 2 atom stereocenters. The van der Waals surface area contributed by atoms with Crippen LogP contribution in [-0.4, -0.2) is 30.3 Å². The zero-order valence-corrected chi connectivity index (χ0v) is 8.52. The van der Waals surface area contributed by atoms with Gasteiger partial charge in [0.2, 0.25) is 0 Å². The van der Waals surface area contributed by atoms with E-state index in [0.29, 0.717) is 5.56 Å². The lowest BCUT2D eigenvalue weighted by Crippen LogP contribution is -2.45. The molecule has 1 fully saturated rings. The van der Waals surface area contributed by atoms with E-state index in [4.69, 9.17) is 9.84 Å². The molecule has 0 aromatic heterocycles. The molecule has 1 aliphatic rings. The summed E-state index contributed by atoms with van der Waals surface area (Å²) < 4.78 is 18.6. The molecule has 0 radical (unpaired) electrons. The average molecular weight is 225 g/mol. The van der Waals surface area contributed by atoms with Crippen LogP contribution in [0.15, 0.2) is 24.3 Å². The molecular formula is C11H12FNO3. The van der Waals surface area contributed by atoms with Crippen LogP contribution in [0.25, 0.3) is 0 Å². The van der Waals surface area contributed by atoms with Gasteiger partial charge in [-0.1, -0.05) is 18.2 Å². The van der Waals surface area contributed by atoms with Gasteiger partial charge in [0.15, 0.2) is 6.10 Å². The second-order valence-corrected chi connectivity index (χ2v) is 3.64. The number of aliphatic carboxylic acids is 1. The number of benzene rings is 1. The van der Waals surface area contributed by atoms with Gasteiger partial charge in [0.05, 0.1) is 12.6 Å². The molecule has 86 valence electrons. The topological polar surface area (TPSA) is 58.6 Å². The van der Waals surface area contributed by atoms with Gasteiger partial charge in [-0.15, -0.1) is 0 Å². The standard InChI is InChI=1S/C11H12FNO3/c12-8-4-2-1-3-7(8)9-6-16-10(5-13-9)11(14)15/h1-4,9-10,13H,5-6H2,(H,14,15). The molecule has 2 unspecified atom stereocenters. The summed E-state index contributed by atoms with van der Waals surface area (Å²) in [7, 11) is 0. The summed E-state index contributed by atoms with van der Waals surface area (Å²) in [4.78, 5) is 10.6. The molecule has 2 N–H and O–H groups in total. The molecule has 0 aliphatic carbocycles. The zero-order valence-electron chi connectivity index (χ0n) is 8.52. The van der Waals surface area contributed by atoms with E-state index in [-0.39, 0.29) is 25.0 Å². The summed E-state index contributed by atoms with van der Waals surface area (Å²) in [6.45, 7) is 0.353. The molecule has 1 saturated heterocycles. The molecule has 4 nitrogen and oxygen atoms in total. The molecule has 1 aliphatic heterocycles. The minimum absolute atomic E-state index is 0.165. The summed E-state index contributed by atoms with van der Waals surface area (Å²) >= 11 is 0. The lowest BCUT2D eigenvalue weighted by molar-refractivity contribution is -0.153. The zero-order chi connectivity index (χ0) is 11.5. The van der Waals surface area contributed by atoms with Gasteiger partial charge in [0.25, 0.3) is 0 Å². The highest BCUT2D eigenvalue weighted by Crippen LogP contribution is 2.20. The number of hydrogen-bond donors (Lipinski definition) is 2. The number of carbonyl (C=O) groups is 1. The SMILES string of the molecule is O=C(O)C1CNC(c2ccccc2F)CO1. The fourth-order valence-electron chi connectivity index (χ4n) is 1.70. The molecule has 0 bridgehead atoms. The van der Waals surface area contributed by atoms with Gasteiger partial charge in [-0.25, -0.2) is 9.18 Å². The van der Waals surface area contributed by atoms with Gasteiger partial charge >= 0.3 is 5.97 Å². The number of hydrogen-bond acceptors (Lipinski definition) is 3. The summed E-state index contributed by atoms with van der Waals surface area (Å²) in [5, 5.41) is 11.7. The van der Waals surface area contributed by atoms with Crippen molar-refractivity contribution in [1.29, 1.82) is 0 Å². The van der Waals surface area contributed by atoms with Crippen LogP contribution in [0.5, 0.6) is 0 Å². The van der Waals surface area contributed by atoms with E-state index in [9.17, 15) is 9.18 Å². The fraction of sp³-hybridized carbons (Fsp3) is 0.364. The maximum atomic E-state index is 13.4. The molecule has 0 saturated carbocycles. The predicted molar refractivity (Wildman–Crippen MR) is 54.5 cm³/mol. The lowest BCUT2D eigenvalue weighted by atomic mass is 10.1. The highest BCUT2D eigenvalue weighted by Gasteiger charge is 2.27. The Morgan fingerprint density at radius 1 is 1.50 bits per heavy atom. The first kappa shape index (κ1) is 11.0.